The van der Waals surface area contributed by atoms with E-state index in [9.17, 15) is 4.79 Å². The van der Waals surface area contributed by atoms with Gasteiger partial charge in [-0.1, -0.05) is 42.0 Å². The van der Waals surface area contributed by atoms with Gasteiger partial charge in [-0.05, 0) is 36.8 Å². The molecule has 22 heavy (non-hydrogen) atoms. The first-order valence-electron chi connectivity index (χ1n) is 6.88. The molecule has 2 aromatic carbocycles. The molecule has 2 aromatic rings. The number of hydrogen-bond acceptors (Lipinski definition) is 3. The molecule has 0 spiro atoms. The highest BCUT2D eigenvalue weighted by molar-refractivity contribution is 7.80. The van der Waals surface area contributed by atoms with Crippen LogP contribution >= 0.6 is 12.2 Å². The van der Waals surface area contributed by atoms with Crippen LogP contribution in [0.1, 0.15) is 21.5 Å². The van der Waals surface area contributed by atoms with Crippen molar-refractivity contribution >= 4 is 23.2 Å². The summed E-state index contributed by atoms with van der Waals surface area (Å²) in [6, 6.07) is 15.1. The van der Waals surface area contributed by atoms with E-state index in [1.165, 1.54) is 12.7 Å². The summed E-state index contributed by atoms with van der Waals surface area (Å²) >= 11 is 5.15. The topological polar surface area (TPSA) is 50.4 Å². The number of benzene rings is 2. The van der Waals surface area contributed by atoms with E-state index < -0.39 is 0 Å². The molecule has 0 fully saturated rings. The first kappa shape index (κ1) is 16.0. The van der Waals surface area contributed by atoms with E-state index in [0.717, 1.165) is 5.56 Å². The molecule has 0 radical (unpaired) electrons. The number of nitrogens with one attached hydrogen (secondary N) is 2. The van der Waals surface area contributed by atoms with Crippen molar-refractivity contribution < 1.29 is 9.53 Å². The van der Waals surface area contributed by atoms with Crippen molar-refractivity contribution in [2.75, 3.05) is 7.11 Å². The van der Waals surface area contributed by atoms with E-state index in [1.54, 1.807) is 18.2 Å². The van der Waals surface area contributed by atoms with E-state index in [1.807, 2.05) is 37.3 Å². The maximum Gasteiger partial charge on any atom is 0.261 e. The summed E-state index contributed by atoms with van der Waals surface area (Å²) in [5, 5.41) is 5.96. The quantitative estimate of drug-likeness (QED) is 0.852. The number of rotatable bonds is 4. The van der Waals surface area contributed by atoms with Crippen LogP contribution in [0.25, 0.3) is 0 Å². The number of amides is 1. The van der Waals surface area contributed by atoms with Crippen LogP contribution in [-0.4, -0.2) is 18.1 Å². The van der Waals surface area contributed by atoms with E-state index in [4.69, 9.17) is 17.0 Å². The molecule has 114 valence electrons. The van der Waals surface area contributed by atoms with Crippen molar-refractivity contribution in [3.8, 4) is 5.75 Å². The number of para-hydroxylation sites is 1. The predicted molar refractivity (Wildman–Crippen MR) is 91.1 cm³/mol. The maximum atomic E-state index is 12.2. The summed E-state index contributed by atoms with van der Waals surface area (Å²) in [6.45, 7) is 2.60. The average Bonchev–Trinajstić information content (AvgIpc) is 2.54. The van der Waals surface area contributed by atoms with Crippen molar-refractivity contribution in [2.45, 2.75) is 13.5 Å². The third-order valence-electron chi connectivity index (χ3n) is 3.15. The Hall–Kier alpha value is -2.40. The minimum Gasteiger partial charge on any atom is -0.496 e. The van der Waals surface area contributed by atoms with E-state index in [2.05, 4.69) is 10.6 Å². The lowest BCUT2D eigenvalue weighted by Gasteiger charge is -2.11. The molecule has 0 aromatic heterocycles. The van der Waals surface area contributed by atoms with E-state index in [-0.39, 0.29) is 11.0 Å². The van der Waals surface area contributed by atoms with Gasteiger partial charge in [0.2, 0.25) is 0 Å². The number of methoxy groups -OCH3 is 1. The fourth-order valence-electron chi connectivity index (χ4n) is 1.94. The second-order valence-electron chi connectivity index (χ2n) is 4.82. The Morgan fingerprint density at radius 2 is 1.82 bits per heavy atom. The van der Waals surface area contributed by atoms with Crippen LogP contribution < -0.4 is 15.4 Å². The fraction of sp³-hybridized carbons (Fsp3) is 0.176. The lowest BCUT2D eigenvalue weighted by molar-refractivity contribution is 0.0973. The molecule has 0 bridgehead atoms. The van der Waals surface area contributed by atoms with Gasteiger partial charge in [0.25, 0.3) is 5.91 Å². The van der Waals surface area contributed by atoms with Crippen molar-refractivity contribution in [2.24, 2.45) is 0 Å². The lowest BCUT2D eigenvalue weighted by Crippen LogP contribution is -2.38. The molecule has 2 N–H and O–H groups in total. The van der Waals surface area contributed by atoms with Crippen molar-refractivity contribution in [1.29, 1.82) is 0 Å². The van der Waals surface area contributed by atoms with Gasteiger partial charge in [-0.25, -0.2) is 0 Å². The minimum absolute atomic E-state index is 0.288. The highest BCUT2D eigenvalue weighted by Crippen LogP contribution is 2.16. The molecular formula is C17H18N2O2S. The fourth-order valence-corrected chi connectivity index (χ4v) is 2.10. The molecule has 0 saturated carbocycles. The average molecular weight is 314 g/mol. The number of thiocarbonyl (C=S) groups is 1. The molecule has 0 aliphatic rings. The van der Waals surface area contributed by atoms with Crippen LogP contribution in [0.4, 0.5) is 0 Å². The summed E-state index contributed by atoms with van der Waals surface area (Å²) in [6.07, 6.45) is 0. The maximum absolute atomic E-state index is 12.2. The third kappa shape index (κ3) is 4.30. The molecule has 0 aliphatic heterocycles. The summed E-state index contributed by atoms with van der Waals surface area (Å²) in [5.74, 6) is 0.222. The predicted octanol–water partition coefficient (Wildman–Crippen LogP) is 2.81. The standard InChI is InChI=1S/C17H18N2O2S/c1-12-7-9-13(10-8-12)11-18-17(22)19-16(20)14-5-3-4-6-15(14)21-2/h3-10H,11H2,1-2H3,(H2,18,19,20,22). The van der Waals surface area contributed by atoms with Gasteiger partial charge in [0.1, 0.15) is 5.75 Å². The summed E-state index contributed by atoms with van der Waals surface area (Å²) in [4.78, 5) is 12.2. The molecule has 0 unspecified atom stereocenters. The van der Waals surface area contributed by atoms with Crippen LogP contribution in [-0.2, 0) is 6.54 Å². The zero-order valence-electron chi connectivity index (χ0n) is 12.6. The Kier molecular flexibility index (Phi) is 5.49. The summed E-state index contributed by atoms with van der Waals surface area (Å²) in [5.41, 5.74) is 2.75. The first-order chi connectivity index (χ1) is 10.6. The largest absolute Gasteiger partial charge is 0.496 e. The monoisotopic (exact) mass is 314 g/mol. The van der Waals surface area contributed by atoms with Crippen LogP contribution in [0.15, 0.2) is 48.5 Å². The Bertz CT molecular complexity index is 669. The number of carbonyl (C=O) groups excluding carboxylic acids is 1. The minimum atomic E-state index is -0.293. The number of hydrogen-bond donors (Lipinski definition) is 2. The third-order valence-corrected chi connectivity index (χ3v) is 3.40. The smallest absolute Gasteiger partial charge is 0.261 e. The summed E-state index contributed by atoms with van der Waals surface area (Å²) in [7, 11) is 1.53. The molecule has 4 nitrogen and oxygen atoms in total. The molecule has 2 rings (SSSR count). The van der Waals surface area contributed by atoms with E-state index >= 15 is 0 Å². The molecule has 0 atom stereocenters. The molecule has 5 heteroatoms. The van der Waals surface area contributed by atoms with Gasteiger partial charge < -0.3 is 10.1 Å². The van der Waals surface area contributed by atoms with Crippen molar-refractivity contribution in [1.82, 2.24) is 10.6 Å². The number of ether oxygens (including phenoxy) is 1. The molecule has 0 heterocycles. The number of aryl methyl sites for hydroxylation is 1. The van der Waals surface area contributed by atoms with Crippen molar-refractivity contribution in [3.63, 3.8) is 0 Å². The van der Waals surface area contributed by atoms with Gasteiger partial charge in [-0.2, -0.15) is 0 Å². The Morgan fingerprint density at radius 1 is 1.14 bits per heavy atom. The van der Waals surface area contributed by atoms with Crippen LogP contribution in [0.2, 0.25) is 0 Å². The lowest BCUT2D eigenvalue weighted by atomic mass is 10.1. The van der Waals surface area contributed by atoms with Crippen LogP contribution in [0.5, 0.6) is 5.75 Å². The zero-order chi connectivity index (χ0) is 15.9. The normalized spacial score (nSPS) is 9.91. The highest BCUT2D eigenvalue weighted by atomic mass is 32.1. The Balaban J connectivity index is 1.91. The Labute approximate surface area is 135 Å². The Morgan fingerprint density at radius 3 is 2.50 bits per heavy atom. The van der Waals surface area contributed by atoms with Gasteiger partial charge in [0, 0.05) is 6.54 Å². The highest BCUT2D eigenvalue weighted by Gasteiger charge is 2.12. The van der Waals surface area contributed by atoms with Gasteiger partial charge in [0.15, 0.2) is 5.11 Å². The first-order valence-corrected chi connectivity index (χ1v) is 7.28. The van der Waals surface area contributed by atoms with Crippen LogP contribution in [0.3, 0.4) is 0 Å². The van der Waals surface area contributed by atoms with Gasteiger partial charge >= 0.3 is 0 Å². The van der Waals surface area contributed by atoms with E-state index in [0.29, 0.717) is 17.9 Å². The summed E-state index contributed by atoms with van der Waals surface area (Å²) < 4.78 is 5.16. The SMILES string of the molecule is COc1ccccc1C(=O)NC(=S)NCc1ccc(C)cc1. The zero-order valence-corrected chi connectivity index (χ0v) is 13.4. The molecule has 0 saturated heterocycles. The second kappa shape index (κ2) is 7.56. The van der Waals surface area contributed by atoms with Crippen molar-refractivity contribution in [3.05, 3.63) is 65.2 Å². The number of carbonyl (C=O) groups is 1. The molecular weight excluding hydrogens is 296 g/mol. The van der Waals surface area contributed by atoms with Crippen LogP contribution in [0, 0.1) is 6.92 Å². The molecule has 1 amide bonds. The van der Waals surface area contributed by atoms with Gasteiger partial charge in [0.05, 0.1) is 12.7 Å². The molecule has 0 aliphatic carbocycles. The van der Waals surface area contributed by atoms with Gasteiger partial charge in [-0.3, -0.25) is 10.1 Å². The van der Waals surface area contributed by atoms with Gasteiger partial charge in [-0.15, -0.1) is 0 Å². The second-order valence-corrected chi connectivity index (χ2v) is 5.23.